The van der Waals surface area contributed by atoms with Crippen LogP contribution in [-0.2, 0) is 29.6 Å². The summed E-state index contributed by atoms with van der Waals surface area (Å²) in [5.74, 6) is 6.01. The number of carbonyl (C=O) groups excluding carboxylic acids is 2. The number of aromatic nitrogens is 1. The van der Waals surface area contributed by atoms with Crippen molar-refractivity contribution in [3.8, 4) is 11.8 Å². The van der Waals surface area contributed by atoms with Gasteiger partial charge in [0, 0.05) is 61.8 Å². The minimum Gasteiger partial charge on any atom is -0.447 e. The first-order chi connectivity index (χ1) is 19.4. The summed E-state index contributed by atoms with van der Waals surface area (Å²) < 4.78 is 12.2. The van der Waals surface area contributed by atoms with Crippen LogP contribution >= 0.6 is 11.6 Å². The highest BCUT2D eigenvalue weighted by molar-refractivity contribution is 6.30. The van der Waals surface area contributed by atoms with Crippen LogP contribution < -0.4 is 16.1 Å². The lowest BCUT2D eigenvalue weighted by Crippen LogP contribution is -2.35. The van der Waals surface area contributed by atoms with Crippen molar-refractivity contribution in [1.82, 2.24) is 20.1 Å². The van der Waals surface area contributed by atoms with E-state index in [0.717, 1.165) is 29.8 Å². The van der Waals surface area contributed by atoms with Gasteiger partial charge in [0.05, 0.1) is 24.8 Å². The van der Waals surface area contributed by atoms with Gasteiger partial charge in [0.1, 0.15) is 12.2 Å². The summed E-state index contributed by atoms with van der Waals surface area (Å²) in [6.45, 7) is 4.21. The van der Waals surface area contributed by atoms with E-state index < -0.39 is 12.0 Å². The Kier molecular flexibility index (Phi) is 8.70. The van der Waals surface area contributed by atoms with Gasteiger partial charge in [-0.05, 0) is 41.8 Å². The molecule has 3 aromatic rings. The Bertz CT molecular complexity index is 1530. The molecule has 2 N–H and O–H groups in total. The minimum atomic E-state index is -0.440. The van der Waals surface area contributed by atoms with Crippen molar-refractivity contribution in [2.24, 2.45) is 7.05 Å². The van der Waals surface area contributed by atoms with E-state index >= 15 is 0 Å². The maximum atomic E-state index is 13.7. The molecule has 40 heavy (non-hydrogen) atoms. The average Bonchev–Trinajstić information content (AvgIpc) is 3.37. The number of nitrogens with one attached hydrogen (secondary N) is 2. The van der Waals surface area contributed by atoms with Crippen molar-refractivity contribution in [3.05, 3.63) is 80.1 Å². The minimum absolute atomic E-state index is 0.0514. The molecule has 2 aliphatic heterocycles. The molecule has 208 valence electrons. The van der Waals surface area contributed by atoms with Gasteiger partial charge in [0.15, 0.2) is 0 Å². The molecule has 1 unspecified atom stereocenters. The van der Waals surface area contributed by atoms with Gasteiger partial charge in [-0.2, -0.15) is 0 Å². The number of fused-ring (bicyclic) bond motifs is 1. The first-order valence-electron chi connectivity index (χ1n) is 13.3. The highest BCUT2D eigenvalue weighted by atomic mass is 35.5. The van der Waals surface area contributed by atoms with Gasteiger partial charge in [-0.1, -0.05) is 35.6 Å². The number of morpholine rings is 1. The molecule has 0 radical (unpaired) electrons. The fraction of sp³-hybridized carbons (Fsp3) is 0.367. The van der Waals surface area contributed by atoms with E-state index in [0.29, 0.717) is 55.1 Å². The smallest absolute Gasteiger partial charge is 0.407 e. The third-order valence-corrected chi connectivity index (χ3v) is 7.29. The molecule has 0 saturated carbocycles. The fourth-order valence-corrected chi connectivity index (χ4v) is 5.07. The van der Waals surface area contributed by atoms with Crippen LogP contribution in [0, 0.1) is 11.8 Å². The second-order valence-corrected chi connectivity index (χ2v) is 10.4. The summed E-state index contributed by atoms with van der Waals surface area (Å²) in [6, 6.07) is 11.0. The number of hydrogen-bond donors (Lipinski definition) is 2. The van der Waals surface area contributed by atoms with Crippen molar-refractivity contribution < 1.29 is 19.1 Å². The molecule has 2 aromatic carbocycles. The van der Waals surface area contributed by atoms with Crippen LogP contribution in [0.15, 0.2) is 47.4 Å². The zero-order valence-electron chi connectivity index (χ0n) is 22.3. The first kappa shape index (κ1) is 27.7. The van der Waals surface area contributed by atoms with Crippen LogP contribution in [0.25, 0.3) is 10.9 Å². The lowest BCUT2D eigenvalue weighted by molar-refractivity contribution is 0.0342. The second kappa shape index (κ2) is 12.6. The van der Waals surface area contributed by atoms with Crippen LogP contribution in [0.4, 0.5) is 4.79 Å². The number of hydrogen-bond acceptors (Lipinski definition) is 6. The predicted octanol–water partition coefficient (Wildman–Crippen LogP) is 3.19. The van der Waals surface area contributed by atoms with Crippen LogP contribution in [0.5, 0.6) is 0 Å². The third kappa shape index (κ3) is 6.65. The molecular weight excluding hydrogens is 532 g/mol. The zero-order valence-corrected chi connectivity index (χ0v) is 23.1. The van der Waals surface area contributed by atoms with E-state index in [4.69, 9.17) is 21.1 Å². The predicted molar refractivity (Wildman–Crippen MR) is 152 cm³/mol. The van der Waals surface area contributed by atoms with Gasteiger partial charge < -0.3 is 24.7 Å². The van der Waals surface area contributed by atoms with E-state index in [2.05, 4.69) is 27.4 Å². The van der Waals surface area contributed by atoms with Crippen molar-refractivity contribution in [3.63, 3.8) is 0 Å². The van der Waals surface area contributed by atoms with Crippen LogP contribution in [0.3, 0.4) is 0 Å². The van der Waals surface area contributed by atoms with E-state index in [9.17, 15) is 14.4 Å². The quantitative estimate of drug-likeness (QED) is 0.429. The number of carbonyl (C=O) groups is 2. The SMILES string of the molecule is Cn1cc(C(=O)NCc2ccc(Cl)cc2)c(=O)c2cc(CN3CCOCC3)cc(C#CCCC3COC(=O)N3)c21. The summed E-state index contributed by atoms with van der Waals surface area (Å²) in [5.41, 5.74) is 2.97. The standard InChI is InChI=1S/C30H31ClN4O5/c1-34-18-26(29(37)32-16-20-6-8-23(31)9-7-20)28(36)25-15-21(17-35-10-12-39-13-11-35)14-22(27(25)34)4-2-3-5-24-19-40-30(38)33-24/h6-9,14-15,18,24H,3,5,10-13,16-17,19H2,1H3,(H,32,37)(H,33,38). The maximum Gasteiger partial charge on any atom is 0.407 e. The Balaban J connectivity index is 1.44. The van der Waals surface area contributed by atoms with Crippen molar-refractivity contribution in [1.29, 1.82) is 0 Å². The fourth-order valence-electron chi connectivity index (χ4n) is 4.94. The largest absolute Gasteiger partial charge is 0.447 e. The number of pyridine rings is 1. The van der Waals surface area contributed by atoms with Gasteiger partial charge in [0.25, 0.3) is 5.91 Å². The Labute approximate surface area is 237 Å². The third-order valence-electron chi connectivity index (χ3n) is 7.03. The number of nitrogens with zero attached hydrogens (tertiary/aromatic N) is 2. The van der Waals surface area contributed by atoms with Crippen LogP contribution in [-0.4, -0.2) is 60.4 Å². The van der Waals surface area contributed by atoms with Crippen LogP contribution in [0.2, 0.25) is 5.02 Å². The zero-order chi connectivity index (χ0) is 28.1. The van der Waals surface area contributed by atoms with E-state index in [1.54, 1.807) is 22.9 Å². The molecule has 2 saturated heterocycles. The molecule has 0 aliphatic carbocycles. The molecule has 2 aliphatic rings. The van der Waals surface area contributed by atoms with Gasteiger partial charge in [0.2, 0.25) is 5.43 Å². The molecule has 0 bridgehead atoms. The number of rotatable bonds is 7. The van der Waals surface area contributed by atoms with E-state index in [1.165, 1.54) is 0 Å². The van der Waals surface area contributed by atoms with Gasteiger partial charge in [-0.25, -0.2) is 4.79 Å². The lowest BCUT2D eigenvalue weighted by atomic mass is 10.0. The summed E-state index contributed by atoms with van der Waals surface area (Å²) in [6.07, 6.45) is 2.40. The van der Waals surface area contributed by atoms with Crippen molar-refractivity contribution >= 4 is 34.5 Å². The summed E-state index contributed by atoms with van der Waals surface area (Å²) in [5, 5.41) is 6.68. The Morgan fingerprint density at radius 3 is 2.65 bits per heavy atom. The van der Waals surface area contributed by atoms with Gasteiger partial charge in [-0.3, -0.25) is 14.5 Å². The van der Waals surface area contributed by atoms with E-state index in [-0.39, 0.29) is 23.6 Å². The number of ether oxygens (including phenoxy) is 2. The molecule has 9 nitrogen and oxygen atoms in total. The monoisotopic (exact) mass is 562 g/mol. The Morgan fingerprint density at radius 2 is 1.93 bits per heavy atom. The number of cyclic esters (lactones) is 1. The number of benzene rings is 2. The molecule has 10 heteroatoms. The molecule has 5 rings (SSSR count). The maximum absolute atomic E-state index is 13.7. The summed E-state index contributed by atoms with van der Waals surface area (Å²) in [4.78, 5) is 40.3. The number of aryl methyl sites for hydroxylation is 1. The molecule has 3 heterocycles. The average molecular weight is 563 g/mol. The topological polar surface area (TPSA) is 102 Å². The molecule has 0 spiro atoms. The van der Waals surface area contributed by atoms with E-state index in [1.807, 2.05) is 31.3 Å². The number of halogens is 1. The normalized spacial score (nSPS) is 17.1. The molecular formula is C30H31ClN4O5. The highest BCUT2D eigenvalue weighted by Crippen LogP contribution is 2.21. The number of amides is 2. The second-order valence-electron chi connectivity index (χ2n) is 10.0. The Hall–Kier alpha value is -3.84. The Morgan fingerprint density at radius 1 is 1.15 bits per heavy atom. The molecule has 2 amide bonds. The molecule has 2 fully saturated rings. The number of alkyl carbamates (subject to hydrolysis) is 1. The van der Waals surface area contributed by atoms with Gasteiger partial charge >= 0.3 is 6.09 Å². The summed E-state index contributed by atoms with van der Waals surface area (Å²) in [7, 11) is 1.82. The first-order valence-corrected chi connectivity index (χ1v) is 13.7. The highest BCUT2D eigenvalue weighted by Gasteiger charge is 2.21. The lowest BCUT2D eigenvalue weighted by Gasteiger charge is -2.26. The van der Waals surface area contributed by atoms with Crippen molar-refractivity contribution in [2.45, 2.75) is 32.0 Å². The molecule has 1 aromatic heterocycles. The molecule has 1 atom stereocenters. The van der Waals surface area contributed by atoms with Crippen LogP contribution in [0.1, 0.15) is 39.9 Å². The van der Waals surface area contributed by atoms with Crippen molar-refractivity contribution in [2.75, 3.05) is 32.9 Å². The van der Waals surface area contributed by atoms with Gasteiger partial charge in [-0.15, -0.1) is 0 Å². The summed E-state index contributed by atoms with van der Waals surface area (Å²) >= 11 is 5.96.